The Morgan fingerprint density at radius 3 is 2.33 bits per heavy atom. The van der Waals surface area contributed by atoms with Crippen LogP contribution in [0.15, 0.2) is 81.9 Å². The number of aliphatic imine (C=N–C) groups is 2. The third-order valence-electron chi connectivity index (χ3n) is 5.01. The Kier molecular flexibility index (Phi) is 8.55. The summed E-state index contributed by atoms with van der Waals surface area (Å²) in [6.45, 7) is 2.81. The second kappa shape index (κ2) is 11.8. The fourth-order valence-corrected chi connectivity index (χ4v) is 3.47. The zero-order valence-electron chi connectivity index (χ0n) is 18.6. The molecule has 0 aliphatic heterocycles. The van der Waals surface area contributed by atoms with Crippen molar-refractivity contribution in [1.82, 2.24) is 4.98 Å². The van der Waals surface area contributed by atoms with Crippen LogP contribution in [0, 0.1) is 0 Å². The zero-order valence-corrected chi connectivity index (χ0v) is 19.3. The van der Waals surface area contributed by atoms with Crippen molar-refractivity contribution in [3.8, 4) is 11.3 Å². The second-order valence-corrected chi connectivity index (χ2v) is 7.82. The van der Waals surface area contributed by atoms with Crippen molar-refractivity contribution in [2.75, 3.05) is 6.54 Å². The Morgan fingerprint density at radius 2 is 1.67 bits per heavy atom. The van der Waals surface area contributed by atoms with Crippen LogP contribution >= 0.6 is 11.6 Å². The molecule has 6 N–H and O–H groups in total. The van der Waals surface area contributed by atoms with E-state index < -0.39 is 0 Å². The number of benzene rings is 2. The highest BCUT2D eigenvalue weighted by Crippen LogP contribution is 2.22. The SMILES string of the molecule is CCCCN=C(Cc1ccc(-c2ccccc2/C(N)=N/N)nc1)N=C(N)c1ccccc1Cl. The van der Waals surface area contributed by atoms with Crippen molar-refractivity contribution in [1.29, 1.82) is 0 Å². The lowest BCUT2D eigenvalue weighted by Crippen LogP contribution is -2.17. The minimum absolute atomic E-state index is 0.256. The van der Waals surface area contributed by atoms with Crippen molar-refractivity contribution < 1.29 is 0 Å². The highest BCUT2D eigenvalue weighted by molar-refractivity contribution is 6.34. The first-order valence-electron chi connectivity index (χ1n) is 10.7. The van der Waals surface area contributed by atoms with E-state index in [1.54, 1.807) is 12.3 Å². The van der Waals surface area contributed by atoms with E-state index in [1.165, 1.54) is 0 Å². The number of amidine groups is 3. The van der Waals surface area contributed by atoms with Gasteiger partial charge in [-0.15, -0.1) is 0 Å². The van der Waals surface area contributed by atoms with Gasteiger partial charge in [-0.1, -0.05) is 67.4 Å². The van der Waals surface area contributed by atoms with Crippen LogP contribution < -0.4 is 17.3 Å². The van der Waals surface area contributed by atoms with Gasteiger partial charge in [0.2, 0.25) is 0 Å². The third-order valence-corrected chi connectivity index (χ3v) is 5.34. The van der Waals surface area contributed by atoms with Gasteiger partial charge in [-0.05, 0) is 30.2 Å². The molecule has 0 saturated carbocycles. The Hall–Kier alpha value is -3.71. The lowest BCUT2D eigenvalue weighted by atomic mass is 10.0. The molecular weight excluding hydrogens is 434 g/mol. The molecule has 3 aromatic rings. The van der Waals surface area contributed by atoms with Crippen molar-refractivity contribution in [2.24, 2.45) is 32.4 Å². The summed E-state index contributed by atoms with van der Waals surface area (Å²) in [6.07, 6.45) is 4.32. The second-order valence-electron chi connectivity index (χ2n) is 7.42. The predicted molar refractivity (Wildman–Crippen MR) is 138 cm³/mol. The van der Waals surface area contributed by atoms with Gasteiger partial charge in [0.25, 0.3) is 0 Å². The molecule has 170 valence electrons. The fraction of sp³-hybridized carbons (Fsp3) is 0.200. The van der Waals surface area contributed by atoms with Crippen LogP contribution in [-0.4, -0.2) is 29.0 Å². The van der Waals surface area contributed by atoms with Gasteiger partial charge in [0.05, 0.1) is 10.7 Å². The number of unbranched alkanes of at least 4 members (excludes halogenated alkanes) is 1. The molecule has 2 aromatic carbocycles. The first kappa shape index (κ1) is 23.9. The van der Waals surface area contributed by atoms with Crippen LogP contribution in [-0.2, 0) is 6.42 Å². The fourth-order valence-electron chi connectivity index (χ4n) is 3.24. The topological polar surface area (TPSA) is 128 Å². The van der Waals surface area contributed by atoms with Gasteiger partial charge in [-0.2, -0.15) is 5.10 Å². The highest BCUT2D eigenvalue weighted by atomic mass is 35.5. The number of hydrogen-bond donors (Lipinski definition) is 3. The van der Waals surface area contributed by atoms with Crippen LogP contribution in [0.5, 0.6) is 0 Å². The summed E-state index contributed by atoms with van der Waals surface area (Å²) in [6, 6.07) is 18.9. The van der Waals surface area contributed by atoms with Gasteiger partial charge >= 0.3 is 0 Å². The Bertz CT molecular complexity index is 1170. The van der Waals surface area contributed by atoms with Gasteiger partial charge in [0.15, 0.2) is 5.84 Å². The number of pyridine rings is 1. The molecule has 0 saturated heterocycles. The van der Waals surface area contributed by atoms with E-state index in [9.17, 15) is 0 Å². The van der Waals surface area contributed by atoms with Crippen LogP contribution in [0.3, 0.4) is 0 Å². The standard InChI is InChI=1S/C25H28ClN7/c1-2-3-14-30-23(32-24(27)20-10-6-7-11-21(20)26)15-17-12-13-22(31-16-17)18-8-4-5-9-19(18)25(28)33-29/h4-13,16H,2-3,14-15,29H2,1H3,(H2,28,33)(H2,27,30,32). The first-order chi connectivity index (χ1) is 16.0. The largest absolute Gasteiger partial charge is 0.383 e. The number of hydrazone groups is 1. The average molecular weight is 462 g/mol. The normalized spacial score (nSPS) is 12.7. The number of rotatable bonds is 8. The zero-order chi connectivity index (χ0) is 23.6. The van der Waals surface area contributed by atoms with Gasteiger partial charge in [0, 0.05) is 35.9 Å². The molecule has 0 aliphatic carbocycles. The quantitative estimate of drug-likeness (QED) is 0.153. The molecule has 7 nitrogen and oxygen atoms in total. The lowest BCUT2D eigenvalue weighted by molar-refractivity contribution is 0.805. The van der Waals surface area contributed by atoms with E-state index in [0.29, 0.717) is 35.2 Å². The predicted octanol–water partition coefficient (Wildman–Crippen LogP) is 4.13. The Balaban J connectivity index is 1.87. The number of nitrogens with two attached hydrogens (primary N) is 3. The average Bonchev–Trinajstić information content (AvgIpc) is 2.84. The summed E-state index contributed by atoms with van der Waals surface area (Å²) in [4.78, 5) is 13.9. The summed E-state index contributed by atoms with van der Waals surface area (Å²) in [5.74, 6) is 6.60. The molecule has 0 amide bonds. The van der Waals surface area contributed by atoms with Gasteiger partial charge in [-0.25, -0.2) is 4.99 Å². The molecular formula is C25H28ClN7. The van der Waals surface area contributed by atoms with Crippen LogP contribution in [0.2, 0.25) is 5.02 Å². The van der Waals surface area contributed by atoms with Crippen molar-refractivity contribution in [3.05, 3.63) is 88.6 Å². The van der Waals surface area contributed by atoms with E-state index in [2.05, 4.69) is 27.0 Å². The smallest absolute Gasteiger partial charge is 0.150 e. The molecule has 3 rings (SSSR count). The molecule has 0 spiro atoms. The summed E-state index contributed by atoms with van der Waals surface area (Å²) in [5, 5.41) is 4.16. The molecule has 0 bridgehead atoms. The number of aromatic nitrogens is 1. The monoisotopic (exact) mass is 461 g/mol. The minimum atomic E-state index is 0.256. The van der Waals surface area contributed by atoms with Crippen LogP contribution in [0.25, 0.3) is 11.3 Å². The van der Waals surface area contributed by atoms with E-state index >= 15 is 0 Å². The van der Waals surface area contributed by atoms with Gasteiger partial charge in [-0.3, -0.25) is 9.98 Å². The molecule has 1 heterocycles. The van der Waals surface area contributed by atoms with Gasteiger partial charge < -0.3 is 17.3 Å². The number of hydrogen-bond acceptors (Lipinski definition) is 4. The van der Waals surface area contributed by atoms with Crippen molar-refractivity contribution in [2.45, 2.75) is 26.2 Å². The molecule has 0 radical (unpaired) electrons. The summed E-state index contributed by atoms with van der Waals surface area (Å²) in [7, 11) is 0. The molecule has 0 atom stereocenters. The maximum atomic E-state index is 6.27. The third kappa shape index (κ3) is 6.40. The van der Waals surface area contributed by atoms with Crippen LogP contribution in [0.1, 0.15) is 36.5 Å². The van der Waals surface area contributed by atoms with E-state index in [-0.39, 0.29) is 5.84 Å². The number of halogens is 1. The lowest BCUT2D eigenvalue weighted by Gasteiger charge is -2.09. The Morgan fingerprint density at radius 1 is 0.939 bits per heavy atom. The summed E-state index contributed by atoms with van der Waals surface area (Å²) >= 11 is 6.27. The minimum Gasteiger partial charge on any atom is -0.383 e. The number of nitrogens with zero attached hydrogens (tertiary/aromatic N) is 4. The first-order valence-corrected chi connectivity index (χ1v) is 11.1. The highest BCUT2D eigenvalue weighted by Gasteiger charge is 2.11. The molecule has 0 unspecified atom stereocenters. The van der Waals surface area contributed by atoms with E-state index in [1.807, 2.05) is 54.6 Å². The maximum Gasteiger partial charge on any atom is 0.150 e. The van der Waals surface area contributed by atoms with Gasteiger partial charge in [0.1, 0.15) is 11.7 Å². The molecule has 0 aliphatic rings. The van der Waals surface area contributed by atoms with Crippen molar-refractivity contribution >= 4 is 29.1 Å². The molecule has 33 heavy (non-hydrogen) atoms. The molecule has 8 heteroatoms. The summed E-state index contributed by atoms with van der Waals surface area (Å²) < 4.78 is 0. The molecule has 1 aromatic heterocycles. The maximum absolute atomic E-state index is 6.27. The Labute approximate surface area is 199 Å². The van der Waals surface area contributed by atoms with E-state index in [4.69, 9.17) is 28.9 Å². The van der Waals surface area contributed by atoms with Crippen LogP contribution in [0.4, 0.5) is 0 Å². The molecule has 0 fully saturated rings. The van der Waals surface area contributed by atoms with Crippen molar-refractivity contribution in [3.63, 3.8) is 0 Å². The summed E-state index contributed by atoms with van der Waals surface area (Å²) in [5.41, 5.74) is 16.2. The van der Waals surface area contributed by atoms with E-state index in [0.717, 1.165) is 35.2 Å².